The van der Waals surface area contributed by atoms with Crippen LogP contribution in [-0.4, -0.2) is 53.1 Å². The van der Waals surface area contributed by atoms with Gasteiger partial charge in [0.1, 0.15) is 11.2 Å². The molecule has 1 saturated heterocycles. The van der Waals surface area contributed by atoms with Gasteiger partial charge in [-0.1, -0.05) is 0 Å². The molecule has 6 aromatic rings. The Morgan fingerprint density at radius 2 is 1.83 bits per heavy atom. The summed E-state index contributed by atoms with van der Waals surface area (Å²) in [7, 11) is 0. The highest BCUT2D eigenvalue weighted by atomic mass is 32.1. The molecule has 0 spiro atoms. The second-order valence-electron chi connectivity index (χ2n) is 9.34. The van der Waals surface area contributed by atoms with Gasteiger partial charge in [0.15, 0.2) is 11.5 Å². The van der Waals surface area contributed by atoms with Crippen LogP contribution in [0.4, 0.5) is 0 Å². The molecular formula is C27H24N8S. The van der Waals surface area contributed by atoms with Crippen molar-refractivity contribution in [2.75, 3.05) is 13.1 Å². The number of pyridine rings is 3. The first-order valence-corrected chi connectivity index (χ1v) is 12.9. The molecule has 0 unspecified atom stereocenters. The van der Waals surface area contributed by atoms with Crippen molar-refractivity contribution in [2.24, 2.45) is 0 Å². The maximum absolute atomic E-state index is 4.96. The zero-order valence-electron chi connectivity index (χ0n) is 19.8. The van der Waals surface area contributed by atoms with Crippen molar-refractivity contribution in [2.45, 2.75) is 26.3 Å². The molecule has 0 bridgehead atoms. The quantitative estimate of drug-likeness (QED) is 0.325. The van der Waals surface area contributed by atoms with E-state index < -0.39 is 0 Å². The minimum atomic E-state index is 0.655. The van der Waals surface area contributed by atoms with Crippen molar-refractivity contribution in [1.29, 1.82) is 0 Å². The molecule has 8 nitrogen and oxygen atoms in total. The van der Waals surface area contributed by atoms with Gasteiger partial charge < -0.3 is 4.98 Å². The monoisotopic (exact) mass is 492 g/mol. The smallest absolute Gasteiger partial charge is 0.181 e. The normalized spacial score (nSPS) is 14.4. The van der Waals surface area contributed by atoms with Crippen LogP contribution in [0.5, 0.6) is 0 Å². The molecule has 7 heterocycles. The van der Waals surface area contributed by atoms with Crippen LogP contribution in [-0.2, 0) is 6.54 Å². The zero-order valence-corrected chi connectivity index (χ0v) is 20.6. The molecule has 0 aliphatic carbocycles. The SMILES string of the molecule is Cc1ccc(-c2cncc3[nH]c(-c4[nH]nc5ncc(-c6cncc(CN7CCCC7)c6)cc45)nc23)s1. The summed E-state index contributed by atoms with van der Waals surface area (Å²) in [6.45, 7) is 5.37. The third kappa shape index (κ3) is 3.77. The summed E-state index contributed by atoms with van der Waals surface area (Å²) in [4.78, 5) is 26.9. The van der Waals surface area contributed by atoms with Crippen molar-refractivity contribution in [3.05, 3.63) is 65.7 Å². The summed E-state index contributed by atoms with van der Waals surface area (Å²) in [5.74, 6) is 0.717. The first-order chi connectivity index (χ1) is 17.7. The Bertz CT molecular complexity index is 1710. The van der Waals surface area contributed by atoms with E-state index in [1.165, 1.54) is 23.3 Å². The Hall–Kier alpha value is -3.95. The van der Waals surface area contributed by atoms with Crippen molar-refractivity contribution >= 4 is 33.4 Å². The number of aromatic amines is 2. The highest BCUT2D eigenvalue weighted by Gasteiger charge is 2.17. The summed E-state index contributed by atoms with van der Waals surface area (Å²) < 4.78 is 0. The van der Waals surface area contributed by atoms with Gasteiger partial charge in [-0.3, -0.25) is 20.0 Å². The summed E-state index contributed by atoms with van der Waals surface area (Å²) in [5, 5.41) is 8.50. The molecule has 6 aromatic heterocycles. The van der Waals surface area contributed by atoms with Gasteiger partial charge in [-0.15, -0.1) is 11.3 Å². The Kier molecular flexibility index (Phi) is 5.11. The zero-order chi connectivity index (χ0) is 24.1. The predicted molar refractivity (Wildman–Crippen MR) is 143 cm³/mol. The number of hydrogen-bond donors (Lipinski definition) is 2. The van der Waals surface area contributed by atoms with E-state index in [4.69, 9.17) is 4.98 Å². The molecule has 1 aliphatic heterocycles. The summed E-state index contributed by atoms with van der Waals surface area (Å²) >= 11 is 1.74. The van der Waals surface area contributed by atoms with Crippen LogP contribution >= 0.6 is 11.3 Å². The van der Waals surface area contributed by atoms with Gasteiger partial charge in [-0.2, -0.15) is 5.10 Å². The molecule has 0 saturated carbocycles. The number of imidazole rings is 1. The lowest BCUT2D eigenvalue weighted by Gasteiger charge is -2.14. The van der Waals surface area contributed by atoms with Gasteiger partial charge >= 0.3 is 0 Å². The Labute approximate surface area is 211 Å². The molecule has 36 heavy (non-hydrogen) atoms. The summed E-state index contributed by atoms with van der Waals surface area (Å²) in [6, 6.07) is 8.58. The molecule has 7 rings (SSSR count). The van der Waals surface area contributed by atoms with Gasteiger partial charge in [0, 0.05) is 57.8 Å². The van der Waals surface area contributed by atoms with Crippen LogP contribution in [0.25, 0.3) is 55.2 Å². The van der Waals surface area contributed by atoms with Crippen LogP contribution in [0.1, 0.15) is 23.3 Å². The number of likely N-dealkylation sites (tertiary alicyclic amines) is 1. The first-order valence-electron chi connectivity index (χ1n) is 12.1. The van der Waals surface area contributed by atoms with Crippen molar-refractivity contribution < 1.29 is 0 Å². The van der Waals surface area contributed by atoms with E-state index in [2.05, 4.69) is 66.2 Å². The highest BCUT2D eigenvalue weighted by Crippen LogP contribution is 2.34. The van der Waals surface area contributed by atoms with Crippen molar-refractivity contribution in [3.8, 4) is 33.1 Å². The molecule has 2 N–H and O–H groups in total. The van der Waals surface area contributed by atoms with Crippen LogP contribution in [0.15, 0.2) is 55.2 Å². The second kappa shape index (κ2) is 8.61. The van der Waals surface area contributed by atoms with E-state index in [0.717, 1.165) is 69.1 Å². The Morgan fingerprint density at radius 3 is 2.69 bits per heavy atom. The van der Waals surface area contributed by atoms with Crippen LogP contribution in [0, 0.1) is 6.92 Å². The lowest BCUT2D eigenvalue weighted by molar-refractivity contribution is 0.331. The van der Waals surface area contributed by atoms with Crippen LogP contribution in [0.2, 0.25) is 0 Å². The van der Waals surface area contributed by atoms with Gasteiger partial charge in [0.25, 0.3) is 0 Å². The molecule has 0 atom stereocenters. The maximum atomic E-state index is 4.96. The second-order valence-corrected chi connectivity index (χ2v) is 10.6. The van der Waals surface area contributed by atoms with Crippen LogP contribution in [0.3, 0.4) is 0 Å². The minimum absolute atomic E-state index is 0.655. The Balaban J connectivity index is 1.28. The first kappa shape index (κ1) is 21.3. The van der Waals surface area contributed by atoms with Crippen molar-refractivity contribution in [1.82, 2.24) is 40.0 Å². The summed E-state index contributed by atoms with van der Waals surface area (Å²) in [6.07, 6.45) is 12.0. The molecule has 1 fully saturated rings. The molecular weight excluding hydrogens is 468 g/mol. The molecule has 1 aliphatic rings. The van der Waals surface area contributed by atoms with Crippen LogP contribution < -0.4 is 0 Å². The van der Waals surface area contributed by atoms with E-state index in [9.17, 15) is 0 Å². The number of aryl methyl sites for hydroxylation is 1. The number of aromatic nitrogens is 7. The number of H-pyrrole nitrogens is 2. The molecule has 0 radical (unpaired) electrons. The van der Waals surface area contributed by atoms with Crippen molar-refractivity contribution in [3.63, 3.8) is 0 Å². The van der Waals surface area contributed by atoms with Gasteiger partial charge in [0.05, 0.1) is 17.1 Å². The topological polar surface area (TPSA) is 99.3 Å². The largest absolute Gasteiger partial charge is 0.335 e. The van der Waals surface area contributed by atoms with E-state index in [0.29, 0.717) is 5.65 Å². The fourth-order valence-corrected chi connectivity index (χ4v) is 5.86. The third-order valence-electron chi connectivity index (χ3n) is 6.78. The number of thiophene rings is 1. The van der Waals surface area contributed by atoms with E-state index >= 15 is 0 Å². The van der Waals surface area contributed by atoms with Gasteiger partial charge in [0.2, 0.25) is 0 Å². The number of rotatable bonds is 5. The number of hydrogen-bond acceptors (Lipinski definition) is 7. The predicted octanol–water partition coefficient (Wildman–Crippen LogP) is 5.59. The Morgan fingerprint density at radius 1 is 0.972 bits per heavy atom. The average molecular weight is 493 g/mol. The molecule has 0 aromatic carbocycles. The summed E-state index contributed by atoms with van der Waals surface area (Å²) in [5.41, 5.74) is 7.56. The van der Waals surface area contributed by atoms with E-state index in [1.807, 2.05) is 31.0 Å². The fraction of sp³-hybridized carbons (Fsp3) is 0.222. The van der Waals surface area contributed by atoms with Gasteiger partial charge in [-0.05, 0) is 62.7 Å². The third-order valence-corrected chi connectivity index (χ3v) is 7.81. The molecule has 178 valence electrons. The molecule has 9 heteroatoms. The maximum Gasteiger partial charge on any atom is 0.181 e. The van der Waals surface area contributed by atoms with E-state index in [-0.39, 0.29) is 0 Å². The fourth-order valence-electron chi connectivity index (χ4n) is 4.98. The lowest BCUT2D eigenvalue weighted by atomic mass is 10.1. The number of nitrogens with zero attached hydrogens (tertiary/aromatic N) is 6. The van der Waals surface area contributed by atoms with E-state index in [1.54, 1.807) is 11.3 Å². The lowest BCUT2D eigenvalue weighted by Crippen LogP contribution is -2.18. The minimum Gasteiger partial charge on any atom is -0.335 e. The van der Waals surface area contributed by atoms with Gasteiger partial charge in [-0.25, -0.2) is 9.97 Å². The standard InChI is InChI=1S/C27H24N8S/c1-16-4-5-23(36-16)21-13-29-14-22-24(21)32-27(31-22)25-20-9-19(12-30-26(20)34-33-25)18-8-17(10-28-11-18)15-35-6-2-3-7-35/h4-5,8-14H,2-3,6-7,15H2,1H3,(H,31,32)(H,30,33,34). The molecule has 0 amide bonds. The average Bonchev–Trinajstić information content (AvgIpc) is 3.70. The number of nitrogens with one attached hydrogen (secondary N) is 2. The number of fused-ring (bicyclic) bond motifs is 2. The highest BCUT2D eigenvalue weighted by molar-refractivity contribution is 7.15.